The first-order chi connectivity index (χ1) is 12.5. The van der Waals surface area contributed by atoms with Crippen LogP contribution in [0.3, 0.4) is 0 Å². The minimum atomic E-state index is -0.0129. The number of carbonyl (C=O) groups is 1. The Bertz CT molecular complexity index is 871. The first-order valence-corrected chi connectivity index (χ1v) is 10.3. The van der Waals surface area contributed by atoms with Gasteiger partial charge in [-0.2, -0.15) is 0 Å². The number of aromatic nitrogens is 3. The molecule has 0 bridgehead atoms. The lowest BCUT2D eigenvalue weighted by atomic mass is 10.1. The molecule has 0 aliphatic carbocycles. The fourth-order valence-corrected chi connectivity index (χ4v) is 4.09. The van der Waals surface area contributed by atoms with Crippen molar-refractivity contribution in [3.63, 3.8) is 0 Å². The number of nitrogens with one attached hydrogen (secondary N) is 1. The molecule has 7 heteroatoms. The van der Waals surface area contributed by atoms with Crippen molar-refractivity contribution in [2.45, 2.75) is 31.5 Å². The van der Waals surface area contributed by atoms with Gasteiger partial charge in [-0.1, -0.05) is 55.9 Å². The van der Waals surface area contributed by atoms with Gasteiger partial charge < -0.3 is 9.88 Å². The molecule has 0 aliphatic heterocycles. The van der Waals surface area contributed by atoms with Gasteiger partial charge in [0.1, 0.15) is 0 Å². The molecule has 2 heterocycles. The lowest BCUT2D eigenvalue weighted by Gasteiger charge is -2.05. The summed E-state index contributed by atoms with van der Waals surface area (Å²) < 4.78 is 1.95. The minimum Gasteiger partial charge on any atom is -0.351 e. The maximum atomic E-state index is 12.1. The highest BCUT2D eigenvalue weighted by molar-refractivity contribution is 7.99. The number of carbonyl (C=O) groups excluding carboxylic acids is 1. The van der Waals surface area contributed by atoms with Gasteiger partial charge in [0.15, 0.2) is 11.0 Å². The molecule has 0 saturated heterocycles. The van der Waals surface area contributed by atoms with Crippen LogP contribution < -0.4 is 5.32 Å². The third-order valence-electron chi connectivity index (χ3n) is 3.95. The molecule has 3 rings (SSSR count). The van der Waals surface area contributed by atoms with Crippen LogP contribution >= 0.6 is 23.1 Å². The first kappa shape index (κ1) is 18.7. The van der Waals surface area contributed by atoms with Crippen molar-refractivity contribution in [3.05, 3.63) is 52.2 Å². The standard InChI is InChI=1S/C19H22N4OS2/c1-13(2)16-9-15(11-25-16)18-21-22-19(23(18)3)26-12-17(24)20-10-14-7-5-4-6-8-14/h4-9,11,13H,10,12H2,1-3H3,(H,20,24). The third-order valence-corrected chi connectivity index (χ3v) is 6.20. The summed E-state index contributed by atoms with van der Waals surface area (Å²) in [6, 6.07) is 12.0. The van der Waals surface area contributed by atoms with Crippen molar-refractivity contribution in [3.8, 4) is 11.4 Å². The Morgan fingerprint density at radius 1 is 1.27 bits per heavy atom. The average molecular weight is 387 g/mol. The molecule has 0 atom stereocenters. The van der Waals surface area contributed by atoms with E-state index in [2.05, 4.69) is 40.8 Å². The van der Waals surface area contributed by atoms with Gasteiger partial charge in [0, 0.05) is 29.4 Å². The van der Waals surface area contributed by atoms with E-state index in [1.807, 2.05) is 41.9 Å². The topological polar surface area (TPSA) is 59.8 Å². The summed E-state index contributed by atoms with van der Waals surface area (Å²) in [5.74, 6) is 1.64. The fourth-order valence-electron chi connectivity index (χ4n) is 2.44. The zero-order chi connectivity index (χ0) is 18.5. The molecule has 26 heavy (non-hydrogen) atoms. The molecule has 2 aromatic heterocycles. The van der Waals surface area contributed by atoms with Crippen molar-refractivity contribution in [2.24, 2.45) is 7.05 Å². The van der Waals surface area contributed by atoms with Crippen LogP contribution in [0, 0.1) is 0 Å². The molecule has 1 aromatic carbocycles. The molecule has 3 aromatic rings. The Hall–Kier alpha value is -2.12. The number of thiophene rings is 1. The first-order valence-electron chi connectivity index (χ1n) is 8.46. The molecule has 1 amide bonds. The van der Waals surface area contributed by atoms with Gasteiger partial charge in [0.2, 0.25) is 5.91 Å². The Morgan fingerprint density at radius 2 is 2.04 bits per heavy atom. The fraction of sp³-hybridized carbons (Fsp3) is 0.316. The second-order valence-corrected chi connectivity index (χ2v) is 8.19. The number of amides is 1. The normalized spacial score (nSPS) is 11.1. The van der Waals surface area contributed by atoms with Crippen molar-refractivity contribution in [2.75, 3.05) is 5.75 Å². The van der Waals surface area contributed by atoms with E-state index >= 15 is 0 Å². The van der Waals surface area contributed by atoms with Crippen molar-refractivity contribution < 1.29 is 4.79 Å². The zero-order valence-corrected chi connectivity index (χ0v) is 16.7. The highest BCUT2D eigenvalue weighted by Crippen LogP contribution is 2.30. The number of hydrogen-bond acceptors (Lipinski definition) is 5. The van der Waals surface area contributed by atoms with Crippen LogP contribution in [-0.2, 0) is 18.4 Å². The summed E-state index contributed by atoms with van der Waals surface area (Å²) in [5, 5.41) is 14.3. The van der Waals surface area contributed by atoms with Crippen molar-refractivity contribution >= 4 is 29.0 Å². The average Bonchev–Trinajstić information content (AvgIpc) is 3.26. The largest absolute Gasteiger partial charge is 0.351 e. The number of hydrogen-bond donors (Lipinski definition) is 1. The van der Waals surface area contributed by atoms with E-state index in [9.17, 15) is 4.79 Å². The molecule has 0 aliphatic rings. The summed E-state index contributed by atoms with van der Waals surface area (Å²) in [7, 11) is 1.94. The van der Waals surface area contributed by atoms with Crippen LogP contribution in [0.2, 0.25) is 0 Å². The van der Waals surface area contributed by atoms with Gasteiger partial charge in [-0.05, 0) is 17.5 Å². The Balaban J connectivity index is 1.57. The SMILES string of the molecule is CC(C)c1cc(-c2nnc(SCC(=O)NCc3ccccc3)n2C)cs1. The molecule has 0 saturated carbocycles. The van der Waals surface area contributed by atoms with E-state index in [-0.39, 0.29) is 5.91 Å². The number of rotatable bonds is 7. The highest BCUT2D eigenvalue weighted by Gasteiger charge is 2.15. The Morgan fingerprint density at radius 3 is 2.73 bits per heavy atom. The summed E-state index contributed by atoms with van der Waals surface area (Å²) in [6.07, 6.45) is 0. The van der Waals surface area contributed by atoms with Gasteiger partial charge in [-0.15, -0.1) is 21.5 Å². The maximum Gasteiger partial charge on any atom is 0.230 e. The lowest BCUT2D eigenvalue weighted by Crippen LogP contribution is -2.24. The highest BCUT2D eigenvalue weighted by atomic mass is 32.2. The number of nitrogens with zero attached hydrogens (tertiary/aromatic N) is 3. The monoisotopic (exact) mass is 386 g/mol. The summed E-state index contributed by atoms with van der Waals surface area (Å²) in [4.78, 5) is 13.4. The summed E-state index contributed by atoms with van der Waals surface area (Å²) in [6.45, 7) is 4.90. The van der Waals surface area contributed by atoms with Gasteiger partial charge >= 0.3 is 0 Å². The van der Waals surface area contributed by atoms with Crippen molar-refractivity contribution in [1.29, 1.82) is 0 Å². The van der Waals surface area contributed by atoms with E-state index in [1.54, 1.807) is 11.3 Å². The number of benzene rings is 1. The summed E-state index contributed by atoms with van der Waals surface area (Å²) >= 11 is 3.14. The molecule has 0 radical (unpaired) electrons. The van der Waals surface area contributed by atoms with Crippen LogP contribution in [0.15, 0.2) is 46.9 Å². The molecule has 0 spiro atoms. The number of thioether (sulfide) groups is 1. The molecule has 1 N–H and O–H groups in total. The summed E-state index contributed by atoms with van der Waals surface area (Å²) in [5.41, 5.74) is 2.17. The van der Waals surface area contributed by atoms with E-state index in [0.29, 0.717) is 18.2 Å². The van der Waals surface area contributed by atoms with E-state index < -0.39 is 0 Å². The molecule has 0 fully saturated rings. The third kappa shape index (κ3) is 4.53. The minimum absolute atomic E-state index is 0.0129. The predicted molar refractivity (Wildman–Crippen MR) is 107 cm³/mol. The van der Waals surface area contributed by atoms with Crippen LogP contribution in [0.1, 0.15) is 30.2 Å². The smallest absolute Gasteiger partial charge is 0.230 e. The molecule has 0 unspecified atom stereocenters. The Kier molecular flexibility index (Phi) is 6.11. The van der Waals surface area contributed by atoms with Gasteiger partial charge in [-0.3, -0.25) is 4.79 Å². The maximum absolute atomic E-state index is 12.1. The van der Waals surface area contributed by atoms with E-state index in [0.717, 1.165) is 22.1 Å². The molecule has 5 nitrogen and oxygen atoms in total. The zero-order valence-electron chi connectivity index (χ0n) is 15.1. The van der Waals surface area contributed by atoms with Crippen LogP contribution in [-0.4, -0.2) is 26.4 Å². The molecule has 136 valence electrons. The van der Waals surface area contributed by atoms with E-state index in [4.69, 9.17) is 0 Å². The predicted octanol–water partition coefficient (Wildman–Crippen LogP) is 4.08. The molecular weight excluding hydrogens is 364 g/mol. The van der Waals surface area contributed by atoms with E-state index in [1.165, 1.54) is 16.6 Å². The van der Waals surface area contributed by atoms with Gasteiger partial charge in [0.05, 0.1) is 5.75 Å². The van der Waals surface area contributed by atoms with Gasteiger partial charge in [-0.25, -0.2) is 0 Å². The Labute approximate surface area is 161 Å². The van der Waals surface area contributed by atoms with Crippen LogP contribution in [0.5, 0.6) is 0 Å². The van der Waals surface area contributed by atoms with Crippen LogP contribution in [0.4, 0.5) is 0 Å². The second-order valence-electron chi connectivity index (χ2n) is 6.31. The van der Waals surface area contributed by atoms with Crippen molar-refractivity contribution in [1.82, 2.24) is 20.1 Å². The quantitative estimate of drug-likeness (QED) is 0.622. The lowest BCUT2D eigenvalue weighted by molar-refractivity contribution is -0.118. The van der Waals surface area contributed by atoms with Crippen LogP contribution in [0.25, 0.3) is 11.4 Å². The second kappa shape index (κ2) is 8.51. The molecular formula is C19H22N4OS2. The van der Waals surface area contributed by atoms with Gasteiger partial charge in [0.25, 0.3) is 0 Å².